The molecule has 0 aliphatic heterocycles. The van der Waals surface area contributed by atoms with Gasteiger partial charge in [-0.3, -0.25) is 0 Å². The molecule has 0 saturated carbocycles. The average Bonchev–Trinajstić information content (AvgIpc) is 3.25. The van der Waals surface area contributed by atoms with Crippen molar-refractivity contribution < 1.29 is 50.7 Å². The van der Waals surface area contributed by atoms with Gasteiger partial charge in [-0.1, -0.05) is 61.6 Å². The number of benzene rings is 2. The van der Waals surface area contributed by atoms with Crippen LogP contribution in [-0.4, -0.2) is 0 Å². The van der Waals surface area contributed by atoms with E-state index in [4.69, 9.17) is 0 Å². The minimum Gasteiger partial charge on any atom is -1.00 e. The molecule has 140 valence electrons. The number of fused-ring (bicyclic) bond motifs is 3. The van der Waals surface area contributed by atoms with E-state index in [0.717, 1.165) is 6.42 Å². The first-order valence-corrected chi connectivity index (χ1v) is 8.36. The molecule has 3 heteroatoms. The summed E-state index contributed by atoms with van der Waals surface area (Å²) in [6.07, 6.45) is 1.05. The summed E-state index contributed by atoms with van der Waals surface area (Å²) in [7, 11) is 0. The standard InChI is InChI=1S/C13H9.C9H13.C2H4.2ClH.Hf/c1-3-7-12-10(5-1)9-11-6-2-4-8-13(11)12;1-9(2,3)8-6-4-5-7-8;1-2;;;/h1-5,7-8H,9H2;4-7H,1-3H3;1-2H2;2*1H;/q2*-1;;;;+4/p-2. The maximum absolute atomic E-state index is 3.30. The first-order valence-electron chi connectivity index (χ1n) is 8.36. The van der Waals surface area contributed by atoms with Crippen LogP contribution in [0.1, 0.15) is 37.5 Å². The van der Waals surface area contributed by atoms with E-state index >= 15 is 0 Å². The van der Waals surface area contributed by atoms with Crippen LogP contribution in [-0.2, 0) is 37.7 Å². The quantitative estimate of drug-likeness (QED) is 0.167. The van der Waals surface area contributed by atoms with Gasteiger partial charge in [0.05, 0.1) is 0 Å². The summed E-state index contributed by atoms with van der Waals surface area (Å²) in [5, 5.41) is 0. The van der Waals surface area contributed by atoms with Crippen LogP contribution < -0.4 is 24.8 Å². The maximum atomic E-state index is 3.30. The first-order chi connectivity index (χ1) is 11.6. The van der Waals surface area contributed by atoms with Gasteiger partial charge in [0, 0.05) is 0 Å². The summed E-state index contributed by atoms with van der Waals surface area (Å²) in [6, 6.07) is 26.6. The zero-order valence-corrected chi connectivity index (χ0v) is 21.3. The van der Waals surface area contributed by atoms with Gasteiger partial charge in [0.1, 0.15) is 0 Å². The van der Waals surface area contributed by atoms with Crippen LogP contribution >= 0.6 is 0 Å². The Hall–Kier alpha value is -1.02. The van der Waals surface area contributed by atoms with Gasteiger partial charge >= 0.3 is 25.8 Å². The van der Waals surface area contributed by atoms with Crippen molar-refractivity contribution in [3.8, 4) is 11.1 Å². The summed E-state index contributed by atoms with van der Waals surface area (Å²) < 4.78 is 0. The Morgan fingerprint density at radius 2 is 1.56 bits per heavy atom. The van der Waals surface area contributed by atoms with E-state index in [2.05, 4.69) is 101 Å². The Balaban J connectivity index is 0. The molecule has 0 N–H and O–H groups in total. The summed E-state index contributed by atoms with van der Waals surface area (Å²) in [5.74, 6) is 0. The Morgan fingerprint density at radius 3 is 2.11 bits per heavy atom. The molecule has 0 atom stereocenters. The Bertz CT molecular complexity index is 728. The number of halogens is 2. The van der Waals surface area contributed by atoms with Crippen molar-refractivity contribution in [1.29, 1.82) is 0 Å². The number of rotatable bonds is 0. The van der Waals surface area contributed by atoms with Crippen LogP contribution in [0.4, 0.5) is 0 Å². The second-order valence-corrected chi connectivity index (χ2v) is 6.82. The van der Waals surface area contributed by atoms with Crippen LogP contribution in [0.15, 0.2) is 79.9 Å². The van der Waals surface area contributed by atoms with Crippen LogP contribution in [0.3, 0.4) is 0 Å². The van der Waals surface area contributed by atoms with E-state index in [1.165, 1.54) is 27.8 Å². The molecule has 0 spiro atoms. The Kier molecular flexibility index (Phi) is 13.8. The SMILES string of the molecule is C=C.CC(C)(C)c1cc[cH-]c1.[Cl-].[Cl-].[Hf+4].[c-]1cccc2c1Cc1ccccc1-2. The fourth-order valence-electron chi connectivity index (χ4n) is 2.87. The van der Waals surface area contributed by atoms with Gasteiger partial charge < -0.3 is 24.8 Å². The molecule has 0 aromatic heterocycles. The molecule has 0 heterocycles. The third-order valence-electron chi connectivity index (χ3n) is 4.15. The van der Waals surface area contributed by atoms with E-state index in [-0.39, 0.29) is 50.7 Å². The van der Waals surface area contributed by atoms with Gasteiger partial charge in [0.15, 0.2) is 0 Å². The van der Waals surface area contributed by atoms with Gasteiger partial charge in [-0.2, -0.15) is 53.6 Å². The third-order valence-corrected chi connectivity index (χ3v) is 4.15. The summed E-state index contributed by atoms with van der Waals surface area (Å²) in [5.41, 5.74) is 7.25. The van der Waals surface area contributed by atoms with Crippen LogP contribution in [0, 0.1) is 6.07 Å². The predicted molar refractivity (Wildman–Crippen MR) is 106 cm³/mol. The van der Waals surface area contributed by atoms with Gasteiger partial charge in [0.25, 0.3) is 0 Å². The summed E-state index contributed by atoms with van der Waals surface area (Å²) in [6.45, 7) is 12.7. The molecule has 0 amide bonds. The monoisotopic (exact) mass is 564 g/mol. The fourth-order valence-corrected chi connectivity index (χ4v) is 2.87. The number of hydrogen-bond donors (Lipinski definition) is 0. The van der Waals surface area contributed by atoms with Crippen LogP contribution in [0.25, 0.3) is 11.1 Å². The summed E-state index contributed by atoms with van der Waals surface area (Å²) in [4.78, 5) is 0. The second-order valence-electron chi connectivity index (χ2n) is 6.82. The zero-order chi connectivity index (χ0) is 17.6. The molecule has 0 saturated heterocycles. The van der Waals surface area contributed by atoms with Crippen molar-refractivity contribution in [2.24, 2.45) is 0 Å². The minimum atomic E-state index is 0. The smallest absolute Gasteiger partial charge is 1.00 e. The van der Waals surface area contributed by atoms with E-state index in [9.17, 15) is 0 Å². The molecule has 0 unspecified atom stereocenters. The Labute approximate surface area is 196 Å². The van der Waals surface area contributed by atoms with Crippen molar-refractivity contribution in [3.05, 3.63) is 103 Å². The molecule has 0 radical (unpaired) electrons. The molecule has 0 nitrogen and oxygen atoms in total. The summed E-state index contributed by atoms with van der Waals surface area (Å²) >= 11 is 0. The van der Waals surface area contributed by atoms with E-state index in [0.29, 0.717) is 5.41 Å². The molecule has 1 aliphatic carbocycles. The van der Waals surface area contributed by atoms with E-state index < -0.39 is 0 Å². The molecule has 27 heavy (non-hydrogen) atoms. The van der Waals surface area contributed by atoms with Crippen LogP contribution in [0.5, 0.6) is 0 Å². The molecular weight excluding hydrogens is 538 g/mol. The maximum Gasteiger partial charge on any atom is 4.00 e. The molecular formula is C24H26Cl2Hf. The zero-order valence-electron chi connectivity index (χ0n) is 16.2. The number of hydrogen-bond acceptors (Lipinski definition) is 0. The van der Waals surface area contributed by atoms with Gasteiger partial charge in [0.2, 0.25) is 0 Å². The minimum absolute atomic E-state index is 0. The fraction of sp³-hybridized carbons (Fsp3) is 0.208. The van der Waals surface area contributed by atoms with Crippen molar-refractivity contribution in [2.75, 3.05) is 0 Å². The van der Waals surface area contributed by atoms with Gasteiger partial charge in [-0.05, 0) is 6.42 Å². The largest absolute Gasteiger partial charge is 4.00 e. The Morgan fingerprint density at radius 1 is 0.926 bits per heavy atom. The molecule has 0 bridgehead atoms. The molecule has 4 rings (SSSR count). The molecule has 0 fully saturated rings. The normalized spacial score (nSPS) is 10.0. The average molecular weight is 564 g/mol. The van der Waals surface area contributed by atoms with Crippen molar-refractivity contribution in [3.63, 3.8) is 0 Å². The topological polar surface area (TPSA) is 0 Å². The van der Waals surface area contributed by atoms with Crippen molar-refractivity contribution in [2.45, 2.75) is 32.6 Å². The predicted octanol–water partition coefficient (Wildman–Crippen LogP) is 0.569. The van der Waals surface area contributed by atoms with Gasteiger partial charge in [-0.25, -0.2) is 6.07 Å². The molecule has 3 aromatic carbocycles. The van der Waals surface area contributed by atoms with E-state index in [1.807, 2.05) is 6.07 Å². The van der Waals surface area contributed by atoms with E-state index in [1.54, 1.807) is 0 Å². The van der Waals surface area contributed by atoms with Crippen molar-refractivity contribution >= 4 is 0 Å². The second kappa shape index (κ2) is 13.2. The third kappa shape index (κ3) is 7.49. The van der Waals surface area contributed by atoms with Gasteiger partial charge in [-0.15, -0.1) is 18.7 Å². The van der Waals surface area contributed by atoms with Crippen LogP contribution in [0.2, 0.25) is 0 Å². The molecule has 1 aliphatic rings. The van der Waals surface area contributed by atoms with Crippen molar-refractivity contribution in [1.82, 2.24) is 0 Å². The first kappa shape index (κ1) is 28.2. The molecule has 3 aromatic rings.